The molecular formula is C56H41N. The van der Waals surface area contributed by atoms with Gasteiger partial charge in [0.05, 0.1) is 5.41 Å². The number of anilines is 3. The molecule has 0 amide bonds. The molecule has 7 aromatic rings. The van der Waals surface area contributed by atoms with E-state index in [4.69, 9.17) is 0 Å². The molecule has 0 radical (unpaired) electrons. The maximum Gasteiger partial charge on any atom is 0.0663 e. The number of rotatable bonds is 5. The molecule has 5 aliphatic carbocycles. The van der Waals surface area contributed by atoms with E-state index in [1.54, 1.807) is 11.1 Å². The van der Waals surface area contributed by atoms with Gasteiger partial charge in [0, 0.05) is 22.5 Å². The van der Waals surface area contributed by atoms with Crippen LogP contribution in [0.2, 0.25) is 0 Å². The summed E-state index contributed by atoms with van der Waals surface area (Å²) < 4.78 is 0. The molecule has 0 saturated heterocycles. The summed E-state index contributed by atoms with van der Waals surface area (Å²) in [4.78, 5) is 2.43. The van der Waals surface area contributed by atoms with E-state index in [9.17, 15) is 0 Å². The highest BCUT2D eigenvalue weighted by Gasteiger charge is 2.55. The maximum atomic E-state index is 2.43. The van der Waals surface area contributed by atoms with E-state index in [-0.39, 0.29) is 10.8 Å². The predicted molar refractivity (Wildman–Crippen MR) is 237 cm³/mol. The minimum atomic E-state index is -0.236. The Morgan fingerprint density at radius 2 is 0.912 bits per heavy atom. The van der Waals surface area contributed by atoms with Crippen LogP contribution in [0.15, 0.2) is 210 Å². The zero-order chi connectivity index (χ0) is 37.9. The molecule has 0 unspecified atom stereocenters. The molecule has 7 aromatic carbocycles. The molecule has 57 heavy (non-hydrogen) atoms. The molecule has 0 N–H and O–H groups in total. The van der Waals surface area contributed by atoms with Gasteiger partial charge in [-0.15, -0.1) is 0 Å². The van der Waals surface area contributed by atoms with Crippen molar-refractivity contribution in [3.63, 3.8) is 0 Å². The van der Waals surface area contributed by atoms with Gasteiger partial charge in [-0.05, 0) is 138 Å². The van der Waals surface area contributed by atoms with Gasteiger partial charge in [0.2, 0.25) is 0 Å². The summed E-state index contributed by atoms with van der Waals surface area (Å²) in [7, 11) is 0. The largest absolute Gasteiger partial charge is 0.310 e. The fraction of sp³-hybridized carbons (Fsp3) is 0.107. The van der Waals surface area contributed by atoms with E-state index in [0.717, 1.165) is 29.9 Å². The van der Waals surface area contributed by atoms with Crippen LogP contribution in [0.1, 0.15) is 48.9 Å². The predicted octanol–water partition coefficient (Wildman–Crippen LogP) is 14.6. The Balaban J connectivity index is 1.00. The Bertz CT molecular complexity index is 2910. The van der Waals surface area contributed by atoms with Crippen molar-refractivity contribution in [2.45, 2.75) is 37.5 Å². The first-order valence-electron chi connectivity index (χ1n) is 20.4. The number of fused-ring (bicyclic) bond motifs is 11. The van der Waals surface area contributed by atoms with Crippen molar-refractivity contribution < 1.29 is 0 Å². The number of benzene rings is 7. The Labute approximate surface area is 335 Å². The molecule has 0 atom stereocenters. The van der Waals surface area contributed by atoms with E-state index in [2.05, 4.69) is 207 Å². The first-order chi connectivity index (χ1) is 28.0. The highest BCUT2D eigenvalue weighted by Crippen LogP contribution is 2.66. The second-order valence-corrected chi connectivity index (χ2v) is 16.7. The minimum Gasteiger partial charge on any atom is -0.310 e. The Morgan fingerprint density at radius 1 is 0.404 bits per heavy atom. The van der Waals surface area contributed by atoms with E-state index >= 15 is 0 Å². The Hall–Kier alpha value is -6.70. The molecule has 0 saturated carbocycles. The summed E-state index contributed by atoms with van der Waals surface area (Å²) in [5, 5.41) is 0. The summed E-state index contributed by atoms with van der Waals surface area (Å²) in [6.07, 6.45) is 11.5. The van der Waals surface area contributed by atoms with E-state index in [1.807, 2.05) is 0 Å². The van der Waals surface area contributed by atoms with Crippen LogP contribution in [-0.2, 0) is 10.8 Å². The third-order valence-corrected chi connectivity index (χ3v) is 13.6. The summed E-state index contributed by atoms with van der Waals surface area (Å²) in [6, 6.07) is 61.3. The zero-order valence-electron chi connectivity index (χ0n) is 32.3. The number of hydrogen-bond donors (Lipinski definition) is 0. The number of allylic oxidation sites excluding steroid dienone is 8. The molecule has 0 heterocycles. The van der Waals surface area contributed by atoms with Crippen molar-refractivity contribution in [2.24, 2.45) is 0 Å². The lowest BCUT2D eigenvalue weighted by Crippen LogP contribution is -2.28. The summed E-state index contributed by atoms with van der Waals surface area (Å²) in [5.74, 6) is 0. The monoisotopic (exact) mass is 727 g/mol. The van der Waals surface area contributed by atoms with Gasteiger partial charge in [-0.3, -0.25) is 0 Å². The third kappa shape index (κ3) is 4.40. The summed E-state index contributed by atoms with van der Waals surface area (Å²) in [5.41, 5.74) is 25.2. The fourth-order valence-electron chi connectivity index (χ4n) is 11.1. The fourth-order valence-corrected chi connectivity index (χ4v) is 11.1. The Kier molecular flexibility index (Phi) is 6.79. The quantitative estimate of drug-likeness (QED) is 0.171. The first-order valence-corrected chi connectivity index (χ1v) is 20.4. The minimum absolute atomic E-state index is 0.0929. The van der Waals surface area contributed by atoms with Crippen LogP contribution < -0.4 is 4.90 Å². The van der Waals surface area contributed by atoms with Crippen LogP contribution in [0.4, 0.5) is 17.1 Å². The molecule has 1 nitrogen and oxygen atoms in total. The van der Waals surface area contributed by atoms with Crippen molar-refractivity contribution in [3.8, 4) is 44.5 Å². The third-order valence-electron chi connectivity index (χ3n) is 13.6. The highest BCUT2D eigenvalue weighted by atomic mass is 15.1. The van der Waals surface area contributed by atoms with E-state index in [0.29, 0.717) is 0 Å². The van der Waals surface area contributed by atoms with Gasteiger partial charge in [0.15, 0.2) is 0 Å². The van der Waals surface area contributed by atoms with Crippen molar-refractivity contribution >= 4 is 17.1 Å². The smallest absolute Gasteiger partial charge is 0.0663 e. The standard InChI is InChI=1S/C56H41N/c1-55(2)49-21-8-6-15-43(49)47-34-33-41(35-53(47)55)57(39-29-25-37(26-30-39)36-13-4-3-5-14-36)40-31-27-38(28-32-40)42-17-10-20-48-46-16-7-9-22-50(46)56(54(42)48)51-23-11-18-44(51)45-19-12-24-52(45)56/h3-22,25-35H,23-24H2,1-2H3. The van der Waals surface area contributed by atoms with Crippen molar-refractivity contribution in [3.05, 3.63) is 233 Å². The molecule has 0 aromatic heterocycles. The molecule has 5 aliphatic rings. The van der Waals surface area contributed by atoms with Crippen LogP contribution in [0, 0.1) is 0 Å². The van der Waals surface area contributed by atoms with Crippen LogP contribution >= 0.6 is 0 Å². The molecule has 12 rings (SSSR count). The van der Waals surface area contributed by atoms with E-state index < -0.39 is 0 Å². The first kappa shape index (κ1) is 32.5. The summed E-state index contributed by atoms with van der Waals surface area (Å²) in [6.45, 7) is 4.73. The molecule has 270 valence electrons. The molecule has 0 fully saturated rings. The number of nitrogens with zero attached hydrogens (tertiary/aromatic N) is 1. The van der Waals surface area contributed by atoms with Crippen molar-refractivity contribution in [1.29, 1.82) is 0 Å². The van der Waals surface area contributed by atoms with E-state index in [1.165, 1.54) is 77.9 Å². The average Bonchev–Trinajstić information content (AvgIpc) is 4.08. The van der Waals surface area contributed by atoms with Gasteiger partial charge in [0.1, 0.15) is 0 Å². The molecule has 0 bridgehead atoms. The zero-order valence-corrected chi connectivity index (χ0v) is 32.3. The molecule has 1 spiro atoms. The topological polar surface area (TPSA) is 3.24 Å². The normalized spacial score (nSPS) is 16.8. The SMILES string of the molecule is CC1(C)c2ccccc2-c2ccc(N(c3ccc(-c4ccccc4)cc3)c3ccc(-c4cccc5c4C4(C6=C(C=CC6)C6=C4CC=C6)c4ccccc4-5)cc3)cc21. The lowest BCUT2D eigenvalue weighted by molar-refractivity contribution is 0.660. The summed E-state index contributed by atoms with van der Waals surface area (Å²) >= 11 is 0. The molecule has 1 heteroatoms. The van der Waals surface area contributed by atoms with Gasteiger partial charge in [0.25, 0.3) is 0 Å². The maximum absolute atomic E-state index is 2.43. The molecular weight excluding hydrogens is 687 g/mol. The van der Waals surface area contributed by atoms with Crippen LogP contribution in [-0.4, -0.2) is 0 Å². The highest BCUT2D eigenvalue weighted by molar-refractivity contribution is 5.96. The van der Waals surface area contributed by atoms with Gasteiger partial charge in [-0.25, -0.2) is 0 Å². The lowest BCUT2D eigenvalue weighted by Gasteiger charge is -2.35. The molecule has 0 aliphatic heterocycles. The van der Waals surface area contributed by atoms with Gasteiger partial charge in [-0.1, -0.05) is 166 Å². The van der Waals surface area contributed by atoms with Crippen molar-refractivity contribution in [1.82, 2.24) is 0 Å². The second-order valence-electron chi connectivity index (χ2n) is 16.7. The average molecular weight is 728 g/mol. The second kappa shape index (κ2) is 11.9. The Morgan fingerprint density at radius 3 is 1.60 bits per heavy atom. The van der Waals surface area contributed by atoms with Gasteiger partial charge < -0.3 is 4.90 Å². The van der Waals surface area contributed by atoms with Crippen LogP contribution in [0.3, 0.4) is 0 Å². The van der Waals surface area contributed by atoms with Crippen LogP contribution in [0.25, 0.3) is 44.5 Å². The van der Waals surface area contributed by atoms with Gasteiger partial charge >= 0.3 is 0 Å². The number of hydrogen-bond acceptors (Lipinski definition) is 1. The van der Waals surface area contributed by atoms with Crippen molar-refractivity contribution in [2.75, 3.05) is 4.90 Å². The lowest BCUT2D eigenvalue weighted by atomic mass is 9.66. The van der Waals surface area contributed by atoms with Gasteiger partial charge in [-0.2, -0.15) is 0 Å². The van der Waals surface area contributed by atoms with Crippen LogP contribution in [0.5, 0.6) is 0 Å².